The molecule has 0 unspecified atom stereocenters. The standard InChI is InChI=1S/C11H9N9O2/c12-4-9(10(13)14)17-16-8-3-6(20-5-15-18-19-20)1-2-7(8)11(21)22/h1-3,5,16H,(H3,13,14)(H,21,22)/b17-9+. The van der Waals surface area contributed by atoms with Crippen molar-refractivity contribution in [3.05, 3.63) is 30.1 Å². The topological polar surface area (TPSA) is 179 Å². The van der Waals surface area contributed by atoms with Crippen molar-refractivity contribution in [3.63, 3.8) is 0 Å². The van der Waals surface area contributed by atoms with E-state index in [2.05, 4.69) is 26.1 Å². The smallest absolute Gasteiger partial charge is 0.337 e. The second kappa shape index (κ2) is 6.09. The monoisotopic (exact) mass is 299 g/mol. The van der Waals surface area contributed by atoms with E-state index in [0.717, 1.165) is 0 Å². The van der Waals surface area contributed by atoms with Crippen molar-refractivity contribution in [1.82, 2.24) is 20.2 Å². The molecule has 0 radical (unpaired) electrons. The van der Waals surface area contributed by atoms with E-state index in [1.807, 2.05) is 0 Å². The molecule has 1 heterocycles. The minimum Gasteiger partial charge on any atom is -0.478 e. The van der Waals surface area contributed by atoms with Gasteiger partial charge in [0.15, 0.2) is 5.84 Å². The lowest BCUT2D eigenvalue weighted by Crippen LogP contribution is -2.22. The molecule has 11 heteroatoms. The molecule has 1 aromatic carbocycles. The molecule has 0 aliphatic rings. The molecule has 110 valence electrons. The van der Waals surface area contributed by atoms with Crippen molar-refractivity contribution in [3.8, 4) is 11.8 Å². The summed E-state index contributed by atoms with van der Waals surface area (Å²) in [6.45, 7) is 0. The van der Waals surface area contributed by atoms with Crippen LogP contribution in [-0.4, -0.2) is 42.8 Å². The molecule has 0 aliphatic carbocycles. The van der Waals surface area contributed by atoms with E-state index in [1.165, 1.54) is 29.2 Å². The quantitative estimate of drug-likeness (QED) is 0.326. The van der Waals surface area contributed by atoms with E-state index in [9.17, 15) is 4.79 Å². The third-order valence-electron chi connectivity index (χ3n) is 2.50. The molecule has 0 fully saturated rings. The minimum absolute atomic E-state index is 0.0820. The Morgan fingerprint density at radius 1 is 1.55 bits per heavy atom. The highest BCUT2D eigenvalue weighted by Gasteiger charge is 2.12. The van der Waals surface area contributed by atoms with Crippen molar-refractivity contribution in [2.75, 3.05) is 5.43 Å². The largest absolute Gasteiger partial charge is 0.478 e. The second-order valence-electron chi connectivity index (χ2n) is 3.89. The van der Waals surface area contributed by atoms with Crippen molar-refractivity contribution in [2.45, 2.75) is 0 Å². The van der Waals surface area contributed by atoms with Crippen molar-refractivity contribution in [2.24, 2.45) is 10.8 Å². The zero-order valence-corrected chi connectivity index (χ0v) is 10.9. The fourth-order valence-electron chi connectivity index (χ4n) is 1.49. The van der Waals surface area contributed by atoms with E-state index < -0.39 is 11.8 Å². The highest BCUT2D eigenvalue weighted by molar-refractivity contribution is 6.45. The van der Waals surface area contributed by atoms with E-state index in [1.54, 1.807) is 6.07 Å². The summed E-state index contributed by atoms with van der Waals surface area (Å²) < 4.78 is 1.32. The summed E-state index contributed by atoms with van der Waals surface area (Å²) >= 11 is 0. The average Bonchev–Trinajstić information content (AvgIpc) is 3.01. The molecule has 0 spiro atoms. The maximum absolute atomic E-state index is 11.2. The Hall–Kier alpha value is -3.81. The number of carbonyl (C=O) groups is 1. The Morgan fingerprint density at radius 2 is 2.32 bits per heavy atom. The van der Waals surface area contributed by atoms with Crippen molar-refractivity contribution >= 4 is 23.2 Å². The third-order valence-corrected chi connectivity index (χ3v) is 2.50. The molecular weight excluding hydrogens is 290 g/mol. The lowest BCUT2D eigenvalue weighted by atomic mass is 10.1. The first-order chi connectivity index (χ1) is 10.5. The van der Waals surface area contributed by atoms with E-state index in [4.69, 9.17) is 21.5 Å². The van der Waals surface area contributed by atoms with Crippen molar-refractivity contribution < 1.29 is 9.90 Å². The summed E-state index contributed by atoms with van der Waals surface area (Å²) in [5.74, 6) is -1.73. The number of nitrogens with one attached hydrogen (secondary N) is 2. The Kier molecular flexibility index (Phi) is 4.04. The number of aromatic nitrogens is 4. The van der Waals surface area contributed by atoms with Gasteiger partial charge >= 0.3 is 5.97 Å². The number of anilines is 1. The van der Waals surface area contributed by atoms with Crippen molar-refractivity contribution in [1.29, 1.82) is 10.7 Å². The molecule has 0 saturated carbocycles. The molecule has 5 N–H and O–H groups in total. The van der Waals surface area contributed by atoms with Crippen LogP contribution >= 0.6 is 0 Å². The van der Waals surface area contributed by atoms with Crippen LogP contribution in [0.25, 0.3) is 5.69 Å². The molecule has 0 aliphatic heterocycles. The lowest BCUT2D eigenvalue weighted by Gasteiger charge is -2.08. The van der Waals surface area contributed by atoms with Crippen LogP contribution in [0.3, 0.4) is 0 Å². The number of hydrazone groups is 1. The number of carboxylic acid groups (broad SMARTS) is 1. The van der Waals surface area contributed by atoms with Gasteiger partial charge in [-0.2, -0.15) is 10.4 Å². The average molecular weight is 299 g/mol. The Labute approximate surface area is 123 Å². The number of hydrogen-bond acceptors (Lipinski definition) is 8. The number of hydrogen-bond donors (Lipinski definition) is 4. The molecule has 1 aromatic heterocycles. The second-order valence-corrected chi connectivity index (χ2v) is 3.89. The van der Waals surface area contributed by atoms with Crippen LogP contribution in [0.2, 0.25) is 0 Å². The number of rotatable bonds is 5. The Bertz CT molecular complexity index is 788. The molecule has 0 atom stereocenters. The summed E-state index contributed by atoms with van der Waals surface area (Å²) in [5, 5.41) is 39.3. The van der Waals surface area contributed by atoms with Gasteiger partial charge < -0.3 is 10.8 Å². The number of benzene rings is 1. The van der Waals surface area contributed by atoms with Gasteiger partial charge in [-0.1, -0.05) is 0 Å². The number of carboxylic acids is 1. The normalized spacial score (nSPS) is 10.8. The molecular formula is C11H9N9O2. The number of nitrogens with zero attached hydrogens (tertiary/aromatic N) is 6. The predicted octanol–water partition coefficient (Wildman–Crippen LogP) is -0.412. The molecule has 0 amide bonds. The first-order valence-electron chi connectivity index (χ1n) is 5.72. The Balaban J connectivity index is 2.43. The van der Waals surface area contributed by atoms with Gasteiger partial charge in [0.2, 0.25) is 5.71 Å². The number of tetrazole rings is 1. The predicted molar refractivity (Wildman–Crippen MR) is 74.7 cm³/mol. The molecule has 11 nitrogen and oxygen atoms in total. The number of amidine groups is 1. The number of aromatic carboxylic acids is 1. The van der Waals surface area contributed by atoms with Gasteiger partial charge in [-0.15, -0.1) is 5.10 Å². The zero-order valence-electron chi connectivity index (χ0n) is 10.9. The summed E-state index contributed by atoms with van der Waals surface area (Å²) in [4.78, 5) is 11.2. The van der Waals surface area contributed by atoms with Gasteiger partial charge in [-0.05, 0) is 28.6 Å². The summed E-state index contributed by atoms with van der Waals surface area (Å²) in [5.41, 5.74) is 7.69. The SMILES string of the molecule is N#C/C(=N\Nc1cc(-n2cnnn2)ccc1C(=O)O)C(=N)N. The van der Waals surface area contributed by atoms with Gasteiger partial charge in [0.25, 0.3) is 0 Å². The van der Waals surface area contributed by atoms with Crippen LogP contribution in [0.15, 0.2) is 29.6 Å². The van der Waals surface area contributed by atoms with Crippen LogP contribution < -0.4 is 11.2 Å². The zero-order chi connectivity index (χ0) is 16.1. The van der Waals surface area contributed by atoms with E-state index in [0.29, 0.717) is 5.69 Å². The van der Waals surface area contributed by atoms with Gasteiger partial charge in [0, 0.05) is 0 Å². The van der Waals surface area contributed by atoms with Gasteiger partial charge in [0.1, 0.15) is 12.4 Å². The third kappa shape index (κ3) is 3.02. The fourth-order valence-corrected chi connectivity index (χ4v) is 1.49. The first kappa shape index (κ1) is 14.6. The van der Waals surface area contributed by atoms with Gasteiger partial charge in [-0.25, -0.2) is 9.48 Å². The van der Waals surface area contributed by atoms with E-state index >= 15 is 0 Å². The van der Waals surface area contributed by atoms with E-state index in [-0.39, 0.29) is 17.0 Å². The van der Waals surface area contributed by atoms with Crippen LogP contribution in [0.1, 0.15) is 10.4 Å². The molecule has 2 aromatic rings. The molecule has 22 heavy (non-hydrogen) atoms. The number of nitriles is 1. The highest BCUT2D eigenvalue weighted by Crippen LogP contribution is 2.20. The highest BCUT2D eigenvalue weighted by atomic mass is 16.4. The minimum atomic E-state index is -1.19. The molecule has 2 rings (SSSR count). The lowest BCUT2D eigenvalue weighted by molar-refractivity contribution is 0.0698. The summed E-state index contributed by atoms with van der Waals surface area (Å²) in [6, 6.07) is 5.88. The molecule has 0 bridgehead atoms. The summed E-state index contributed by atoms with van der Waals surface area (Å²) in [7, 11) is 0. The Morgan fingerprint density at radius 3 is 2.86 bits per heavy atom. The first-order valence-corrected chi connectivity index (χ1v) is 5.72. The van der Waals surface area contributed by atoms with Crippen LogP contribution in [0.4, 0.5) is 5.69 Å². The van der Waals surface area contributed by atoms with Gasteiger partial charge in [-0.3, -0.25) is 10.8 Å². The van der Waals surface area contributed by atoms with Crippen LogP contribution in [0, 0.1) is 16.7 Å². The van der Waals surface area contributed by atoms with Crippen LogP contribution in [0.5, 0.6) is 0 Å². The van der Waals surface area contributed by atoms with Crippen LogP contribution in [-0.2, 0) is 0 Å². The fraction of sp³-hybridized carbons (Fsp3) is 0. The maximum atomic E-state index is 11.2. The maximum Gasteiger partial charge on any atom is 0.337 e. The summed E-state index contributed by atoms with van der Waals surface area (Å²) in [6.07, 6.45) is 1.33. The van der Waals surface area contributed by atoms with Gasteiger partial charge in [0.05, 0.1) is 16.9 Å². The molecule has 0 saturated heterocycles. The number of nitrogens with two attached hydrogens (primary N) is 1.